The molecule has 0 radical (unpaired) electrons. The number of rotatable bonds is 6. The molecule has 56 valence electrons. The Morgan fingerprint density at radius 1 is 1.22 bits per heavy atom. The fourth-order valence-electron chi connectivity index (χ4n) is 0.505. The van der Waals surface area contributed by atoms with E-state index in [1.807, 2.05) is 6.92 Å². The third kappa shape index (κ3) is 7.85. The predicted molar refractivity (Wildman–Crippen MR) is 32.8 cm³/mol. The summed E-state index contributed by atoms with van der Waals surface area (Å²) >= 11 is 0. The summed E-state index contributed by atoms with van der Waals surface area (Å²) in [6.07, 6.45) is 1.61. The van der Waals surface area contributed by atoms with Gasteiger partial charge in [-0.25, -0.2) is 0 Å². The van der Waals surface area contributed by atoms with E-state index in [1.54, 1.807) is 0 Å². The molecule has 0 bridgehead atoms. The predicted octanol–water partition coefficient (Wildman–Crippen LogP) is 1.70. The Hall–Kier alpha value is -0.150. The Morgan fingerprint density at radius 3 is 2.44 bits per heavy atom. The van der Waals surface area contributed by atoms with Crippen LogP contribution in [0.3, 0.4) is 0 Å². The molecule has 0 aromatic rings. The van der Waals surface area contributed by atoms with Crippen LogP contribution in [-0.4, -0.2) is 19.8 Å². The van der Waals surface area contributed by atoms with Crippen LogP contribution in [0.2, 0.25) is 0 Å². The lowest BCUT2D eigenvalue weighted by atomic mass is 10.3. The van der Waals surface area contributed by atoms with Crippen molar-refractivity contribution in [1.82, 2.24) is 0 Å². The Kier molecular flexibility index (Phi) is 7.72. The molecular weight excluding hydrogens is 123 g/mol. The Balaban J connectivity index is 2.60. The van der Waals surface area contributed by atoms with Crippen molar-refractivity contribution in [3.63, 3.8) is 0 Å². The SMILES string of the molecule is CCOCCCCOF. The molecule has 0 fully saturated rings. The van der Waals surface area contributed by atoms with Crippen molar-refractivity contribution in [2.24, 2.45) is 0 Å². The summed E-state index contributed by atoms with van der Waals surface area (Å²) in [6, 6.07) is 0. The lowest BCUT2D eigenvalue weighted by Gasteiger charge is -1.97. The number of hydrogen-bond acceptors (Lipinski definition) is 2. The Morgan fingerprint density at radius 2 is 1.89 bits per heavy atom. The van der Waals surface area contributed by atoms with Gasteiger partial charge in [0.2, 0.25) is 0 Å². The second-order valence-corrected chi connectivity index (χ2v) is 1.72. The quantitative estimate of drug-likeness (QED) is 0.517. The summed E-state index contributed by atoms with van der Waals surface area (Å²) in [5.74, 6) is 0. The van der Waals surface area contributed by atoms with Crippen molar-refractivity contribution >= 4 is 0 Å². The van der Waals surface area contributed by atoms with E-state index in [9.17, 15) is 4.53 Å². The van der Waals surface area contributed by atoms with Crippen LogP contribution in [0.5, 0.6) is 0 Å². The molecule has 3 heteroatoms. The van der Waals surface area contributed by atoms with Gasteiger partial charge in [0.05, 0.1) is 6.61 Å². The molecule has 2 nitrogen and oxygen atoms in total. The number of ether oxygens (including phenoxy) is 1. The van der Waals surface area contributed by atoms with Crippen molar-refractivity contribution < 1.29 is 14.2 Å². The minimum absolute atomic E-state index is 0.188. The highest BCUT2D eigenvalue weighted by Crippen LogP contribution is 1.90. The molecular formula is C6H13FO2. The summed E-state index contributed by atoms with van der Waals surface area (Å²) in [5.41, 5.74) is 0. The lowest BCUT2D eigenvalue weighted by Crippen LogP contribution is -1.95. The second-order valence-electron chi connectivity index (χ2n) is 1.72. The van der Waals surface area contributed by atoms with Gasteiger partial charge in [0.1, 0.15) is 0 Å². The highest BCUT2D eigenvalue weighted by molar-refractivity contribution is 4.34. The maximum Gasteiger partial charge on any atom is 0.0877 e. The van der Waals surface area contributed by atoms with E-state index >= 15 is 0 Å². The van der Waals surface area contributed by atoms with Crippen LogP contribution in [0.25, 0.3) is 0 Å². The highest BCUT2D eigenvalue weighted by Gasteiger charge is 1.87. The van der Waals surface area contributed by atoms with Gasteiger partial charge in [-0.3, -0.25) is 0 Å². The van der Waals surface area contributed by atoms with Gasteiger partial charge in [-0.15, -0.1) is 0 Å². The molecule has 9 heavy (non-hydrogen) atoms. The molecule has 0 aliphatic rings. The van der Waals surface area contributed by atoms with Gasteiger partial charge in [-0.2, -0.15) is 4.94 Å². The molecule has 0 amide bonds. The number of hydrogen-bond donors (Lipinski definition) is 0. The van der Waals surface area contributed by atoms with E-state index in [-0.39, 0.29) is 6.61 Å². The van der Waals surface area contributed by atoms with E-state index in [2.05, 4.69) is 4.94 Å². The smallest absolute Gasteiger partial charge is 0.0877 e. The van der Waals surface area contributed by atoms with E-state index < -0.39 is 0 Å². The molecule has 0 atom stereocenters. The molecule has 0 aliphatic carbocycles. The molecule has 0 spiro atoms. The minimum Gasteiger partial charge on any atom is -0.382 e. The molecule has 0 unspecified atom stereocenters. The molecule has 0 rings (SSSR count). The van der Waals surface area contributed by atoms with Gasteiger partial charge in [-0.05, 0) is 24.3 Å². The zero-order chi connectivity index (χ0) is 6.95. The zero-order valence-electron chi connectivity index (χ0n) is 5.73. The number of halogens is 1. The fraction of sp³-hybridized carbons (Fsp3) is 1.00. The average molecular weight is 136 g/mol. The maximum atomic E-state index is 11.0. The largest absolute Gasteiger partial charge is 0.382 e. The van der Waals surface area contributed by atoms with Crippen molar-refractivity contribution in [1.29, 1.82) is 0 Å². The first-order valence-corrected chi connectivity index (χ1v) is 3.23. The highest BCUT2D eigenvalue weighted by atomic mass is 19.3. The zero-order valence-corrected chi connectivity index (χ0v) is 5.73. The monoisotopic (exact) mass is 136 g/mol. The lowest BCUT2D eigenvalue weighted by molar-refractivity contribution is -0.133. The molecule has 0 saturated carbocycles. The average Bonchev–Trinajstić information content (AvgIpc) is 1.89. The molecule has 0 aromatic carbocycles. The fourth-order valence-corrected chi connectivity index (χ4v) is 0.505. The van der Waals surface area contributed by atoms with Crippen molar-refractivity contribution in [3.8, 4) is 0 Å². The van der Waals surface area contributed by atoms with E-state index in [4.69, 9.17) is 4.74 Å². The Labute approximate surface area is 54.9 Å². The summed E-state index contributed by atoms with van der Waals surface area (Å²) < 4.78 is 16.0. The summed E-state index contributed by atoms with van der Waals surface area (Å²) in [4.78, 5) is 3.37. The van der Waals surface area contributed by atoms with Gasteiger partial charge in [0.15, 0.2) is 0 Å². The van der Waals surface area contributed by atoms with Crippen LogP contribution < -0.4 is 0 Å². The van der Waals surface area contributed by atoms with Crippen molar-refractivity contribution in [2.45, 2.75) is 19.8 Å². The van der Waals surface area contributed by atoms with Gasteiger partial charge < -0.3 is 4.74 Å². The topological polar surface area (TPSA) is 18.5 Å². The van der Waals surface area contributed by atoms with Gasteiger partial charge in [0, 0.05) is 13.2 Å². The third-order valence-electron chi connectivity index (χ3n) is 0.964. The van der Waals surface area contributed by atoms with Crippen LogP contribution in [-0.2, 0) is 9.68 Å². The molecule has 0 N–H and O–H groups in total. The van der Waals surface area contributed by atoms with Crippen LogP contribution in [0.4, 0.5) is 4.53 Å². The normalized spacial score (nSPS) is 10.0. The Bertz CT molecular complexity index is 44.3. The number of unbranched alkanes of at least 4 members (excludes halogenated alkanes) is 1. The second kappa shape index (κ2) is 7.85. The van der Waals surface area contributed by atoms with Gasteiger partial charge >= 0.3 is 0 Å². The minimum atomic E-state index is 0.188. The standard InChI is InChI=1S/C6H13FO2/c1-2-8-5-3-4-6-9-7/h2-6H2,1H3. The first kappa shape index (κ1) is 8.85. The van der Waals surface area contributed by atoms with Gasteiger partial charge in [-0.1, -0.05) is 0 Å². The molecule has 0 aliphatic heterocycles. The summed E-state index contributed by atoms with van der Waals surface area (Å²) in [6.45, 7) is 3.56. The first-order valence-electron chi connectivity index (χ1n) is 3.23. The van der Waals surface area contributed by atoms with E-state index in [1.165, 1.54) is 0 Å². The molecule has 0 aromatic heterocycles. The van der Waals surface area contributed by atoms with E-state index in [0.29, 0.717) is 6.61 Å². The van der Waals surface area contributed by atoms with Crippen LogP contribution >= 0.6 is 0 Å². The van der Waals surface area contributed by atoms with Crippen molar-refractivity contribution in [2.75, 3.05) is 19.8 Å². The van der Waals surface area contributed by atoms with Crippen LogP contribution in [0.1, 0.15) is 19.8 Å². The van der Waals surface area contributed by atoms with Crippen LogP contribution in [0.15, 0.2) is 0 Å². The molecule has 0 heterocycles. The third-order valence-corrected chi connectivity index (χ3v) is 0.964. The van der Waals surface area contributed by atoms with Gasteiger partial charge in [0.25, 0.3) is 0 Å². The maximum absolute atomic E-state index is 11.0. The van der Waals surface area contributed by atoms with Crippen LogP contribution in [0, 0.1) is 0 Å². The first-order chi connectivity index (χ1) is 4.41. The van der Waals surface area contributed by atoms with Crippen molar-refractivity contribution in [3.05, 3.63) is 0 Å². The summed E-state index contributed by atoms with van der Waals surface area (Å²) in [7, 11) is 0. The summed E-state index contributed by atoms with van der Waals surface area (Å²) in [5, 5.41) is 0. The van der Waals surface area contributed by atoms with E-state index in [0.717, 1.165) is 19.4 Å². The molecule has 0 saturated heterocycles.